The molecule has 0 aliphatic rings. The summed E-state index contributed by atoms with van der Waals surface area (Å²) in [4.78, 5) is 24.4. The van der Waals surface area contributed by atoms with Crippen molar-refractivity contribution in [3.05, 3.63) is 12.2 Å². The van der Waals surface area contributed by atoms with E-state index < -0.39 is 12.1 Å². The Morgan fingerprint density at radius 3 is 1.18 bits per heavy atom. The third-order valence-electron chi connectivity index (χ3n) is 12.6. The number of rotatable bonds is 50. The largest absolute Gasteiger partial charge is 0.466 e. The molecule has 3 N–H and O–H groups in total. The van der Waals surface area contributed by atoms with Crippen LogP contribution in [0.5, 0.6) is 0 Å². The van der Waals surface area contributed by atoms with E-state index in [0.717, 1.165) is 64.2 Å². The molecule has 0 aliphatic heterocycles. The topological polar surface area (TPSA) is 95.9 Å². The van der Waals surface area contributed by atoms with E-state index in [1.807, 2.05) is 0 Å². The number of hydrogen-bond acceptors (Lipinski definition) is 5. The first-order valence-electron chi connectivity index (χ1n) is 26.9. The Bertz CT molecular complexity index is 893. The van der Waals surface area contributed by atoms with E-state index in [-0.39, 0.29) is 18.5 Å². The third kappa shape index (κ3) is 46.1. The molecule has 1 amide bonds. The molecule has 0 aromatic heterocycles. The minimum atomic E-state index is -0.673. The molecule has 6 nitrogen and oxygen atoms in total. The minimum absolute atomic E-state index is 0.00280. The Balaban J connectivity index is 3.47. The molecule has 0 aromatic rings. The molecule has 60 heavy (non-hydrogen) atoms. The van der Waals surface area contributed by atoms with Crippen molar-refractivity contribution in [2.24, 2.45) is 0 Å². The standard InChI is InChI=1S/C54H105NO5/c1-3-5-7-9-11-13-15-16-17-20-23-27-30-34-38-42-46-52(57)51(50-56)55-53(58)47-43-39-35-31-28-24-21-18-19-22-25-29-33-37-41-45-49-60-54(59)48-44-40-36-32-26-14-12-10-8-6-4-2/h18,21,51-52,56-57H,3-17,19-20,22-50H2,1-2H3,(H,55,58)/b21-18-. The molecule has 0 aromatic carbocycles. The highest BCUT2D eigenvalue weighted by Crippen LogP contribution is 2.17. The van der Waals surface area contributed by atoms with Gasteiger partial charge in [-0.25, -0.2) is 0 Å². The van der Waals surface area contributed by atoms with Crippen LogP contribution in [-0.4, -0.2) is 47.4 Å². The second kappa shape index (κ2) is 50.2. The molecule has 0 spiro atoms. The average Bonchev–Trinajstić information content (AvgIpc) is 3.25. The lowest BCUT2D eigenvalue weighted by Crippen LogP contribution is -2.45. The lowest BCUT2D eigenvalue weighted by atomic mass is 10.0. The van der Waals surface area contributed by atoms with E-state index in [9.17, 15) is 19.8 Å². The highest BCUT2D eigenvalue weighted by atomic mass is 16.5. The van der Waals surface area contributed by atoms with Crippen LogP contribution >= 0.6 is 0 Å². The molecule has 0 bridgehead atoms. The molecule has 0 saturated carbocycles. The molecule has 2 atom stereocenters. The zero-order valence-corrected chi connectivity index (χ0v) is 40.5. The van der Waals surface area contributed by atoms with Crippen molar-refractivity contribution in [3.8, 4) is 0 Å². The quantitative estimate of drug-likeness (QED) is 0.0322. The van der Waals surface area contributed by atoms with Crippen LogP contribution in [0.4, 0.5) is 0 Å². The summed E-state index contributed by atoms with van der Waals surface area (Å²) in [5.74, 6) is -0.0531. The zero-order chi connectivity index (χ0) is 43.7. The molecule has 2 unspecified atom stereocenters. The van der Waals surface area contributed by atoms with Gasteiger partial charge in [0.2, 0.25) is 5.91 Å². The third-order valence-corrected chi connectivity index (χ3v) is 12.6. The Morgan fingerprint density at radius 2 is 0.783 bits per heavy atom. The van der Waals surface area contributed by atoms with Gasteiger partial charge in [0, 0.05) is 12.8 Å². The first-order chi connectivity index (χ1) is 29.5. The number of esters is 1. The Labute approximate surface area is 374 Å². The fraction of sp³-hybridized carbons (Fsp3) is 0.926. The van der Waals surface area contributed by atoms with Crippen LogP contribution in [0.25, 0.3) is 0 Å². The smallest absolute Gasteiger partial charge is 0.305 e. The monoisotopic (exact) mass is 848 g/mol. The molecule has 0 saturated heterocycles. The van der Waals surface area contributed by atoms with Gasteiger partial charge in [0.1, 0.15) is 0 Å². The molecule has 0 aliphatic carbocycles. The van der Waals surface area contributed by atoms with Gasteiger partial charge in [-0.15, -0.1) is 0 Å². The van der Waals surface area contributed by atoms with Gasteiger partial charge < -0.3 is 20.3 Å². The summed E-state index contributed by atoms with van der Waals surface area (Å²) in [6, 6.07) is -0.552. The maximum Gasteiger partial charge on any atom is 0.305 e. The van der Waals surface area contributed by atoms with Crippen LogP contribution in [0.15, 0.2) is 12.2 Å². The Kier molecular flexibility index (Phi) is 49.1. The number of amides is 1. The van der Waals surface area contributed by atoms with Crippen molar-refractivity contribution in [1.82, 2.24) is 5.32 Å². The van der Waals surface area contributed by atoms with Crippen LogP contribution < -0.4 is 5.32 Å². The predicted octanol–water partition coefficient (Wildman–Crippen LogP) is 16.1. The number of carbonyl (C=O) groups excluding carboxylic acids is 2. The molecule has 356 valence electrons. The molecule has 0 radical (unpaired) electrons. The average molecular weight is 848 g/mol. The van der Waals surface area contributed by atoms with Crippen LogP contribution in [0, 0.1) is 0 Å². The first-order valence-corrected chi connectivity index (χ1v) is 26.9. The maximum absolute atomic E-state index is 12.5. The number of ether oxygens (including phenoxy) is 1. The maximum atomic E-state index is 12.5. The fourth-order valence-electron chi connectivity index (χ4n) is 8.40. The minimum Gasteiger partial charge on any atom is -0.466 e. The Morgan fingerprint density at radius 1 is 0.450 bits per heavy atom. The summed E-state index contributed by atoms with van der Waals surface area (Å²) in [5.41, 5.74) is 0. The van der Waals surface area contributed by atoms with Crippen LogP contribution in [-0.2, 0) is 14.3 Å². The van der Waals surface area contributed by atoms with E-state index in [0.29, 0.717) is 25.9 Å². The van der Waals surface area contributed by atoms with Gasteiger partial charge in [0.05, 0.1) is 25.4 Å². The number of allylic oxidation sites excluding steroid dienone is 2. The van der Waals surface area contributed by atoms with Crippen LogP contribution in [0.3, 0.4) is 0 Å². The van der Waals surface area contributed by atoms with E-state index in [4.69, 9.17) is 4.74 Å². The van der Waals surface area contributed by atoms with E-state index in [1.54, 1.807) is 0 Å². The SMILES string of the molecule is CCCCCCCCCCCCCCCCCCC(O)C(CO)NC(=O)CCCCCCC/C=C\CCCCCCCCCOC(=O)CCCCCCCCCCCCC. The van der Waals surface area contributed by atoms with E-state index in [2.05, 4.69) is 31.3 Å². The van der Waals surface area contributed by atoms with Crippen molar-refractivity contribution >= 4 is 11.9 Å². The normalized spacial score (nSPS) is 12.7. The molecule has 0 heterocycles. The highest BCUT2D eigenvalue weighted by molar-refractivity contribution is 5.76. The van der Waals surface area contributed by atoms with Crippen LogP contribution in [0.2, 0.25) is 0 Å². The summed E-state index contributed by atoms with van der Waals surface area (Å²) in [6.45, 7) is 4.93. The molecule has 0 rings (SSSR count). The molecular formula is C54H105NO5. The number of aliphatic hydroxyl groups excluding tert-OH is 2. The lowest BCUT2D eigenvalue weighted by Gasteiger charge is -2.22. The summed E-state index contributed by atoms with van der Waals surface area (Å²) >= 11 is 0. The second-order valence-corrected chi connectivity index (χ2v) is 18.6. The van der Waals surface area contributed by atoms with Crippen molar-refractivity contribution in [2.45, 2.75) is 309 Å². The Hall–Kier alpha value is -1.40. The van der Waals surface area contributed by atoms with Crippen molar-refractivity contribution < 1.29 is 24.5 Å². The van der Waals surface area contributed by atoms with Gasteiger partial charge in [-0.2, -0.15) is 0 Å². The highest BCUT2D eigenvalue weighted by Gasteiger charge is 2.20. The van der Waals surface area contributed by atoms with Gasteiger partial charge in [-0.05, 0) is 51.4 Å². The van der Waals surface area contributed by atoms with Crippen molar-refractivity contribution in [2.75, 3.05) is 13.2 Å². The van der Waals surface area contributed by atoms with Gasteiger partial charge in [-0.3, -0.25) is 9.59 Å². The lowest BCUT2D eigenvalue weighted by molar-refractivity contribution is -0.143. The summed E-state index contributed by atoms with van der Waals surface area (Å²) in [7, 11) is 0. The molecule has 0 fully saturated rings. The first kappa shape index (κ1) is 58.6. The fourth-order valence-corrected chi connectivity index (χ4v) is 8.40. The number of unbranched alkanes of at least 4 members (excludes halogenated alkanes) is 37. The predicted molar refractivity (Wildman–Crippen MR) is 260 cm³/mol. The molecule has 6 heteroatoms. The number of aliphatic hydroxyl groups is 2. The van der Waals surface area contributed by atoms with Gasteiger partial charge in [0.25, 0.3) is 0 Å². The van der Waals surface area contributed by atoms with Gasteiger partial charge in [-0.1, -0.05) is 244 Å². The van der Waals surface area contributed by atoms with Gasteiger partial charge in [0.15, 0.2) is 0 Å². The van der Waals surface area contributed by atoms with Crippen molar-refractivity contribution in [1.29, 1.82) is 0 Å². The van der Waals surface area contributed by atoms with E-state index >= 15 is 0 Å². The number of carbonyl (C=O) groups is 2. The molecular weight excluding hydrogens is 743 g/mol. The summed E-state index contributed by atoms with van der Waals surface area (Å²) in [5, 5.41) is 23.2. The zero-order valence-electron chi connectivity index (χ0n) is 40.5. The number of nitrogens with one attached hydrogen (secondary N) is 1. The van der Waals surface area contributed by atoms with E-state index in [1.165, 1.54) is 199 Å². The number of hydrogen-bond donors (Lipinski definition) is 3. The second-order valence-electron chi connectivity index (χ2n) is 18.6. The van der Waals surface area contributed by atoms with Crippen LogP contribution in [0.1, 0.15) is 296 Å². The van der Waals surface area contributed by atoms with Crippen molar-refractivity contribution in [3.63, 3.8) is 0 Å². The summed E-state index contributed by atoms with van der Waals surface area (Å²) < 4.78 is 5.45. The summed E-state index contributed by atoms with van der Waals surface area (Å²) in [6.07, 6.45) is 57.6. The van der Waals surface area contributed by atoms with Gasteiger partial charge >= 0.3 is 5.97 Å².